The molecule has 2 heterocycles. The van der Waals surface area contributed by atoms with Gasteiger partial charge < -0.3 is 10.6 Å². The number of hydrogen-bond donors (Lipinski definition) is 2. The third kappa shape index (κ3) is 3.93. The van der Waals surface area contributed by atoms with Crippen molar-refractivity contribution in [1.29, 1.82) is 0 Å². The van der Waals surface area contributed by atoms with Crippen molar-refractivity contribution in [1.82, 2.24) is 15.3 Å². The van der Waals surface area contributed by atoms with Gasteiger partial charge in [0.1, 0.15) is 0 Å². The van der Waals surface area contributed by atoms with Crippen molar-refractivity contribution in [3.63, 3.8) is 0 Å². The van der Waals surface area contributed by atoms with Gasteiger partial charge in [0.05, 0.1) is 21.0 Å². The number of fused-ring (bicyclic) bond motifs is 2. The maximum absolute atomic E-state index is 13.1. The summed E-state index contributed by atoms with van der Waals surface area (Å²) in [4.78, 5) is 33.9. The Morgan fingerprint density at radius 1 is 0.882 bits per heavy atom. The minimum absolute atomic E-state index is 0.0589. The first-order valence-electron chi connectivity index (χ1n) is 10.4. The quantitative estimate of drug-likeness (QED) is 0.472. The first-order chi connectivity index (χ1) is 16.4. The lowest BCUT2D eigenvalue weighted by Crippen LogP contribution is -2.23. The second-order valence-corrected chi connectivity index (χ2v) is 9.51. The monoisotopic (exact) mass is 470 g/mol. The molecule has 168 valence electrons. The largest absolute Gasteiger partial charge is 0.348 e. The number of aromatic nitrogens is 2. The number of nitrogens with zero attached hydrogens (tertiary/aromatic N) is 2. The molecule has 5 rings (SSSR count). The number of anilines is 1. The molecular weight excluding hydrogens is 452 g/mol. The van der Waals surface area contributed by atoms with E-state index in [4.69, 9.17) is 0 Å². The lowest BCUT2D eigenvalue weighted by molar-refractivity contribution is 0.0949. The summed E-state index contributed by atoms with van der Waals surface area (Å²) in [6, 6.07) is 19.7. The van der Waals surface area contributed by atoms with E-state index in [-0.39, 0.29) is 33.2 Å². The normalized spacial score (nSPS) is 13.7. The molecule has 1 aromatic heterocycles. The maximum Gasteiger partial charge on any atom is 0.257 e. The predicted octanol–water partition coefficient (Wildman–Crippen LogP) is 3.47. The van der Waals surface area contributed by atoms with Gasteiger partial charge in [0.2, 0.25) is 9.84 Å². The number of carbonyl (C=O) groups excluding carboxylic acids is 2. The third-order valence-electron chi connectivity index (χ3n) is 5.39. The number of hydrogen-bond acceptors (Lipinski definition) is 6. The summed E-state index contributed by atoms with van der Waals surface area (Å²) in [5.74, 6) is -0.395. The number of rotatable bonds is 4. The Hall–Kier alpha value is -4.37. The molecule has 3 aromatic carbocycles. The second kappa shape index (κ2) is 8.53. The van der Waals surface area contributed by atoms with Crippen LogP contribution in [0.25, 0.3) is 11.4 Å². The first kappa shape index (κ1) is 21.5. The van der Waals surface area contributed by atoms with Crippen LogP contribution < -0.4 is 10.6 Å². The lowest BCUT2D eigenvalue weighted by Gasteiger charge is -2.10. The van der Waals surface area contributed by atoms with Gasteiger partial charge in [-0.25, -0.2) is 18.4 Å². The number of amides is 2. The van der Waals surface area contributed by atoms with Crippen LogP contribution in [0.3, 0.4) is 0 Å². The van der Waals surface area contributed by atoms with Crippen molar-refractivity contribution in [3.8, 4) is 11.4 Å². The van der Waals surface area contributed by atoms with Crippen LogP contribution in [0.1, 0.15) is 26.3 Å². The molecule has 0 saturated heterocycles. The van der Waals surface area contributed by atoms with Gasteiger partial charge in [-0.15, -0.1) is 0 Å². The molecule has 0 bridgehead atoms. The maximum atomic E-state index is 13.1. The fraction of sp³-hybridized carbons (Fsp3) is 0.0400. The van der Waals surface area contributed by atoms with Crippen LogP contribution in [-0.2, 0) is 16.4 Å². The van der Waals surface area contributed by atoms with Crippen molar-refractivity contribution >= 4 is 27.3 Å². The van der Waals surface area contributed by atoms with Crippen LogP contribution in [0.15, 0.2) is 95.0 Å². The van der Waals surface area contributed by atoms with E-state index in [1.54, 1.807) is 24.5 Å². The summed E-state index contributed by atoms with van der Waals surface area (Å²) < 4.78 is 26.2. The predicted molar refractivity (Wildman–Crippen MR) is 125 cm³/mol. The van der Waals surface area contributed by atoms with E-state index in [2.05, 4.69) is 20.6 Å². The summed E-state index contributed by atoms with van der Waals surface area (Å²) >= 11 is 0. The number of sulfone groups is 1. The van der Waals surface area contributed by atoms with Crippen molar-refractivity contribution in [2.45, 2.75) is 16.3 Å². The van der Waals surface area contributed by atoms with Gasteiger partial charge in [-0.2, -0.15) is 0 Å². The van der Waals surface area contributed by atoms with E-state index in [1.807, 2.05) is 30.3 Å². The van der Waals surface area contributed by atoms with Gasteiger partial charge in [-0.05, 0) is 30.3 Å². The standard InChI is InChI=1S/C25H18N4O4S/c30-24(28-15-16-13-26-23(27-14-16)17-6-2-1-3-7-17)18-10-11-22-20(12-18)29-25(31)19-8-4-5-9-21(19)34(22,32)33/h1-14H,15H2,(H,28,30)(H,29,31). The smallest absolute Gasteiger partial charge is 0.257 e. The number of carbonyl (C=O) groups is 2. The Labute approximate surface area is 195 Å². The number of benzene rings is 3. The highest BCUT2D eigenvalue weighted by Crippen LogP contribution is 2.34. The molecule has 34 heavy (non-hydrogen) atoms. The zero-order chi connectivity index (χ0) is 23.7. The first-order valence-corrected chi connectivity index (χ1v) is 11.9. The Kier molecular flexibility index (Phi) is 5.39. The van der Waals surface area contributed by atoms with Gasteiger partial charge >= 0.3 is 0 Å². The highest BCUT2D eigenvalue weighted by molar-refractivity contribution is 7.91. The van der Waals surface area contributed by atoms with E-state index in [0.29, 0.717) is 11.4 Å². The molecule has 0 saturated carbocycles. The Bertz CT molecular complexity index is 1520. The molecule has 1 aliphatic heterocycles. The molecular formula is C25H18N4O4S. The van der Waals surface area contributed by atoms with Gasteiger partial charge in [0, 0.05) is 35.6 Å². The van der Waals surface area contributed by atoms with E-state index in [9.17, 15) is 18.0 Å². The fourth-order valence-electron chi connectivity index (χ4n) is 3.67. The van der Waals surface area contributed by atoms with Crippen LogP contribution in [0, 0.1) is 0 Å². The van der Waals surface area contributed by atoms with Crippen molar-refractivity contribution in [3.05, 3.63) is 102 Å². The Balaban J connectivity index is 1.34. The van der Waals surface area contributed by atoms with Crippen LogP contribution in [0.5, 0.6) is 0 Å². The summed E-state index contributed by atoms with van der Waals surface area (Å²) in [5, 5.41) is 5.37. The van der Waals surface area contributed by atoms with Crippen LogP contribution in [0.2, 0.25) is 0 Å². The molecule has 2 amide bonds. The van der Waals surface area contributed by atoms with E-state index in [1.165, 1.54) is 30.3 Å². The summed E-state index contributed by atoms with van der Waals surface area (Å²) in [6.45, 7) is 0.182. The van der Waals surface area contributed by atoms with Crippen LogP contribution >= 0.6 is 0 Å². The molecule has 0 unspecified atom stereocenters. The zero-order valence-electron chi connectivity index (χ0n) is 17.7. The van der Waals surface area contributed by atoms with Crippen molar-refractivity contribution < 1.29 is 18.0 Å². The van der Waals surface area contributed by atoms with Crippen LogP contribution in [0.4, 0.5) is 5.69 Å². The van der Waals surface area contributed by atoms with Crippen molar-refractivity contribution in [2.24, 2.45) is 0 Å². The molecule has 9 heteroatoms. The van der Waals surface area contributed by atoms with Gasteiger partial charge in [-0.3, -0.25) is 9.59 Å². The topological polar surface area (TPSA) is 118 Å². The van der Waals surface area contributed by atoms with Gasteiger partial charge in [0.25, 0.3) is 11.8 Å². The Morgan fingerprint density at radius 3 is 2.35 bits per heavy atom. The Morgan fingerprint density at radius 2 is 1.59 bits per heavy atom. The second-order valence-electron chi connectivity index (χ2n) is 7.63. The van der Waals surface area contributed by atoms with Crippen molar-refractivity contribution in [2.75, 3.05) is 5.32 Å². The van der Waals surface area contributed by atoms with Gasteiger partial charge in [0.15, 0.2) is 5.82 Å². The molecule has 1 aliphatic rings. The fourth-order valence-corrected chi connectivity index (χ4v) is 5.26. The van der Waals surface area contributed by atoms with Gasteiger partial charge in [-0.1, -0.05) is 42.5 Å². The zero-order valence-corrected chi connectivity index (χ0v) is 18.5. The summed E-state index contributed by atoms with van der Waals surface area (Å²) in [5.41, 5.74) is 1.92. The molecule has 4 aromatic rings. The lowest BCUT2D eigenvalue weighted by atomic mass is 10.1. The summed E-state index contributed by atoms with van der Waals surface area (Å²) in [6.07, 6.45) is 3.27. The average Bonchev–Trinajstić information content (AvgIpc) is 2.95. The highest BCUT2D eigenvalue weighted by atomic mass is 32.2. The molecule has 0 atom stereocenters. The van der Waals surface area contributed by atoms with E-state index < -0.39 is 21.7 Å². The summed E-state index contributed by atoms with van der Waals surface area (Å²) in [7, 11) is -3.93. The SMILES string of the molecule is O=C(NCc1cnc(-c2ccccc2)nc1)c1ccc2c(c1)NC(=O)c1ccccc1S2(=O)=O. The molecule has 0 fully saturated rings. The minimum atomic E-state index is -3.93. The van der Waals surface area contributed by atoms with E-state index >= 15 is 0 Å². The average molecular weight is 471 g/mol. The molecule has 0 spiro atoms. The molecule has 8 nitrogen and oxygen atoms in total. The van der Waals surface area contributed by atoms with E-state index in [0.717, 1.165) is 5.56 Å². The molecule has 0 aliphatic carbocycles. The number of nitrogens with one attached hydrogen (secondary N) is 2. The minimum Gasteiger partial charge on any atom is -0.348 e. The molecule has 0 radical (unpaired) electrons. The van der Waals surface area contributed by atoms with Crippen LogP contribution in [-0.4, -0.2) is 30.2 Å². The highest BCUT2D eigenvalue weighted by Gasteiger charge is 2.31. The molecule has 2 N–H and O–H groups in total. The third-order valence-corrected chi connectivity index (χ3v) is 7.26.